The molecule has 0 aliphatic carbocycles. The fourth-order valence-corrected chi connectivity index (χ4v) is 2.38. The number of allylic oxidation sites excluding steroid dienone is 2. The van der Waals surface area contributed by atoms with Crippen LogP contribution in [0.4, 0.5) is 4.79 Å². The average molecular weight is 295 g/mol. The fraction of sp³-hybridized carbons (Fsp3) is 0.765. The lowest BCUT2D eigenvalue weighted by atomic mass is 10.1. The number of carbonyl (C=O) groups is 2. The van der Waals surface area contributed by atoms with Crippen LogP contribution in [0.15, 0.2) is 12.2 Å². The van der Waals surface area contributed by atoms with E-state index in [0.29, 0.717) is 19.6 Å². The van der Waals surface area contributed by atoms with Crippen LogP contribution >= 0.6 is 0 Å². The Hall–Kier alpha value is -1.32. The van der Waals surface area contributed by atoms with Gasteiger partial charge in [-0.15, -0.1) is 0 Å². The van der Waals surface area contributed by atoms with Crippen LogP contribution in [-0.4, -0.2) is 30.1 Å². The lowest BCUT2D eigenvalue weighted by Crippen LogP contribution is -2.31. The van der Waals surface area contributed by atoms with Gasteiger partial charge in [-0.2, -0.15) is 0 Å². The van der Waals surface area contributed by atoms with E-state index in [0.717, 1.165) is 12.8 Å². The van der Waals surface area contributed by atoms with Gasteiger partial charge in [0.1, 0.15) is 6.61 Å². The molecule has 2 amide bonds. The lowest BCUT2D eigenvalue weighted by molar-refractivity contribution is -0.127. The number of hydrogen-bond donors (Lipinski definition) is 0. The Morgan fingerprint density at radius 1 is 1.10 bits per heavy atom. The van der Waals surface area contributed by atoms with Gasteiger partial charge in [0.05, 0.1) is 6.54 Å². The number of hydrogen-bond acceptors (Lipinski definition) is 3. The zero-order chi connectivity index (χ0) is 15.3. The van der Waals surface area contributed by atoms with E-state index in [9.17, 15) is 9.59 Å². The first-order valence-corrected chi connectivity index (χ1v) is 8.37. The molecular weight excluding hydrogens is 266 g/mol. The summed E-state index contributed by atoms with van der Waals surface area (Å²) in [5.74, 6) is -0.0867. The second-order valence-electron chi connectivity index (χ2n) is 5.58. The third kappa shape index (κ3) is 7.88. The van der Waals surface area contributed by atoms with E-state index in [4.69, 9.17) is 4.74 Å². The molecule has 4 nitrogen and oxygen atoms in total. The van der Waals surface area contributed by atoms with Gasteiger partial charge in [-0.1, -0.05) is 51.2 Å². The van der Waals surface area contributed by atoms with Crippen LogP contribution in [0.25, 0.3) is 0 Å². The van der Waals surface area contributed by atoms with Crippen molar-refractivity contribution in [3.05, 3.63) is 12.2 Å². The highest BCUT2D eigenvalue weighted by Crippen LogP contribution is 2.11. The third-order valence-corrected chi connectivity index (χ3v) is 3.71. The van der Waals surface area contributed by atoms with Crippen molar-refractivity contribution in [3.63, 3.8) is 0 Å². The van der Waals surface area contributed by atoms with Crippen molar-refractivity contribution < 1.29 is 14.3 Å². The molecule has 120 valence electrons. The monoisotopic (exact) mass is 295 g/mol. The molecule has 21 heavy (non-hydrogen) atoms. The number of rotatable bonds is 11. The molecule has 0 radical (unpaired) electrons. The minimum Gasteiger partial charge on any atom is -0.447 e. The fourth-order valence-electron chi connectivity index (χ4n) is 2.38. The van der Waals surface area contributed by atoms with Crippen molar-refractivity contribution >= 4 is 12.0 Å². The molecule has 1 rings (SSSR count). The van der Waals surface area contributed by atoms with Gasteiger partial charge in [0.2, 0.25) is 5.91 Å². The molecule has 0 unspecified atom stereocenters. The molecule has 0 aromatic heterocycles. The van der Waals surface area contributed by atoms with Crippen molar-refractivity contribution in [2.75, 3.05) is 13.2 Å². The Balaban J connectivity index is 1.89. The SMILES string of the molecule is CCCC/C=C/CCCCCCCC(=O)N1CCOC1=O. The van der Waals surface area contributed by atoms with Crippen LogP contribution in [0.1, 0.15) is 71.1 Å². The Morgan fingerprint density at radius 2 is 1.76 bits per heavy atom. The Kier molecular flexibility index (Phi) is 9.58. The van der Waals surface area contributed by atoms with E-state index in [1.54, 1.807) is 0 Å². The molecule has 4 heteroatoms. The van der Waals surface area contributed by atoms with E-state index in [1.807, 2.05) is 0 Å². The second-order valence-corrected chi connectivity index (χ2v) is 5.58. The first-order valence-electron chi connectivity index (χ1n) is 8.37. The van der Waals surface area contributed by atoms with Crippen molar-refractivity contribution in [3.8, 4) is 0 Å². The zero-order valence-corrected chi connectivity index (χ0v) is 13.3. The molecule has 1 aliphatic heterocycles. The van der Waals surface area contributed by atoms with E-state index in [1.165, 1.54) is 49.8 Å². The minimum absolute atomic E-state index is 0.0867. The molecule has 0 spiro atoms. The average Bonchev–Trinajstić information content (AvgIpc) is 2.91. The number of carbonyl (C=O) groups excluding carboxylic acids is 2. The lowest BCUT2D eigenvalue weighted by Gasteiger charge is -2.09. The van der Waals surface area contributed by atoms with Gasteiger partial charge in [-0.25, -0.2) is 9.69 Å². The number of cyclic esters (lactones) is 1. The Morgan fingerprint density at radius 3 is 2.43 bits per heavy atom. The predicted molar refractivity (Wildman–Crippen MR) is 84.0 cm³/mol. The van der Waals surface area contributed by atoms with Crippen molar-refractivity contribution in [1.82, 2.24) is 4.90 Å². The van der Waals surface area contributed by atoms with E-state index < -0.39 is 6.09 Å². The summed E-state index contributed by atoms with van der Waals surface area (Å²) in [6.45, 7) is 2.98. The van der Waals surface area contributed by atoms with Crippen LogP contribution in [0.3, 0.4) is 0 Å². The van der Waals surface area contributed by atoms with Crippen LogP contribution < -0.4 is 0 Å². The summed E-state index contributed by atoms with van der Waals surface area (Å²) in [7, 11) is 0. The molecule has 1 fully saturated rings. The smallest absolute Gasteiger partial charge is 0.416 e. The Labute approximate surface area is 128 Å². The van der Waals surface area contributed by atoms with E-state index >= 15 is 0 Å². The summed E-state index contributed by atoms with van der Waals surface area (Å²) >= 11 is 0. The second kappa shape index (κ2) is 11.4. The molecule has 1 heterocycles. The molecule has 1 saturated heterocycles. The summed E-state index contributed by atoms with van der Waals surface area (Å²) in [4.78, 5) is 24.1. The predicted octanol–water partition coefficient (Wildman–Crippen LogP) is 4.44. The highest BCUT2D eigenvalue weighted by Gasteiger charge is 2.27. The minimum atomic E-state index is -0.477. The maximum Gasteiger partial charge on any atom is 0.416 e. The third-order valence-electron chi connectivity index (χ3n) is 3.71. The molecular formula is C17H29NO3. The zero-order valence-electron chi connectivity index (χ0n) is 13.3. The van der Waals surface area contributed by atoms with Gasteiger partial charge in [0, 0.05) is 6.42 Å². The van der Waals surface area contributed by atoms with E-state index in [-0.39, 0.29) is 5.91 Å². The first kappa shape index (κ1) is 17.7. The molecule has 1 aliphatic rings. The van der Waals surface area contributed by atoms with Gasteiger partial charge >= 0.3 is 6.09 Å². The maximum atomic E-state index is 11.7. The van der Waals surface area contributed by atoms with Gasteiger partial charge < -0.3 is 4.74 Å². The summed E-state index contributed by atoms with van der Waals surface area (Å²) in [6, 6.07) is 0. The molecule has 0 bridgehead atoms. The normalized spacial score (nSPS) is 14.9. The number of ether oxygens (including phenoxy) is 1. The van der Waals surface area contributed by atoms with Gasteiger partial charge in [-0.3, -0.25) is 4.79 Å². The van der Waals surface area contributed by atoms with Crippen LogP contribution in [0.5, 0.6) is 0 Å². The van der Waals surface area contributed by atoms with Gasteiger partial charge in [-0.05, 0) is 25.7 Å². The first-order chi connectivity index (χ1) is 10.3. The van der Waals surface area contributed by atoms with Crippen LogP contribution in [0.2, 0.25) is 0 Å². The summed E-state index contributed by atoms with van der Waals surface area (Å²) in [5.41, 5.74) is 0. The van der Waals surface area contributed by atoms with Crippen molar-refractivity contribution in [2.24, 2.45) is 0 Å². The number of amides is 2. The van der Waals surface area contributed by atoms with Gasteiger partial charge in [0.25, 0.3) is 0 Å². The van der Waals surface area contributed by atoms with Crippen LogP contribution in [0, 0.1) is 0 Å². The molecule has 0 atom stereocenters. The topological polar surface area (TPSA) is 46.6 Å². The molecule has 0 saturated carbocycles. The quantitative estimate of drug-likeness (QED) is 0.418. The van der Waals surface area contributed by atoms with Crippen LogP contribution in [-0.2, 0) is 9.53 Å². The standard InChI is InChI=1S/C17H29NO3/c1-2-3-4-5-6-7-8-9-10-11-12-13-16(19)18-14-15-21-17(18)20/h5-6H,2-4,7-15H2,1H3/b6-5+. The molecule has 0 N–H and O–H groups in total. The largest absolute Gasteiger partial charge is 0.447 e. The van der Waals surface area contributed by atoms with E-state index in [2.05, 4.69) is 19.1 Å². The number of unbranched alkanes of at least 4 members (excludes halogenated alkanes) is 7. The Bertz CT molecular complexity index is 339. The van der Waals surface area contributed by atoms with Crippen molar-refractivity contribution in [2.45, 2.75) is 71.1 Å². The molecule has 0 aromatic carbocycles. The maximum absolute atomic E-state index is 11.7. The van der Waals surface area contributed by atoms with Crippen molar-refractivity contribution in [1.29, 1.82) is 0 Å². The summed E-state index contributed by atoms with van der Waals surface area (Å²) in [6.07, 6.45) is 15.0. The highest BCUT2D eigenvalue weighted by atomic mass is 16.6. The van der Waals surface area contributed by atoms with Gasteiger partial charge in [0.15, 0.2) is 0 Å². The number of nitrogens with zero attached hydrogens (tertiary/aromatic N) is 1. The number of imide groups is 1. The molecule has 0 aromatic rings. The summed E-state index contributed by atoms with van der Waals surface area (Å²) in [5, 5.41) is 0. The highest BCUT2D eigenvalue weighted by molar-refractivity contribution is 5.92. The summed E-state index contributed by atoms with van der Waals surface area (Å²) < 4.78 is 4.75.